The molecular formula is C16H15F3N2O2. The molecule has 0 aliphatic carbocycles. The van der Waals surface area contributed by atoms with Gasteiger partial charge in [0.05, 0.1) is 5.56 Å². The summed E-state index contributed by atoms with van der Waals surface area (Å²) in [4.78, 5) is 13.4. The zero-order valence-corrected chi connectivity index (χ0v) is 12.3. The van der Waals surface area contributed by atoms with Crippen LogP contribution in [0.1, 0.15) is 11.1 Å². The molecule has 7 heteroatoms. The van der Waals surface area contributed by atoms with Crippen molar-refractivity contribution in [2.24, 2.45) is 0 Å². The summed E-state index contributed by atoms with van der Waals surface area (Å²) in [5, 5.41) is 11.7. The number of halogens is 3. The molecule has 0 heterocycles. The summed E-state index contributed by atoms with van der Waals surface area (Å²) in [5.74, 6) is 0.130. The number of hydrogen-bond acceptors (Lipinski definition) is 2. The van der Waals surface area contributed by atoms with Crippen molar-refractivity contribution >= 4 is 11.7 Å². The van der Waals surface area contributed by atoms with Gasteiger partial charge in [0, 0.05) is 19.3 Å². The maximum Gasteiger partial charge on any atom is 0.416 e. The molecule has 0 unspecified atom stereocenters. The lowest BCUT2D eigenvalue weighted by Gasteiger charge is -2.18. The number of benzene rings is 2. The number of hydrogen-bond donors (Lipinski definition) is 2. The highest BCUT2D eigenvalue weighted by atomic mass is 19.4. The molecule has 0 saturated carbocycles. The van der Waals surface area contributed by atoms with Gasteiger partial charge in [-0.15, -0.1) is 0 Å². The molecule has 0 bridgehead atoms. The Labute approximate surface area is 131 Å². The number of carbonyl (C=O) groups excluding carboxylic acids is 1. The van der Waals surface area contributed by atoms with Crippen LogP contribution in [0.3, 0.4) is 0 Å². The Hall–Kier alpha value is -2.70. The SMILES string of the molecule is CN(Cc1ccc(O)cc1)C(=O)Nc1ccc(C(F)(F)F)cc1. The molecule has 23 heavy (non-hydrogen) atoms. The number of anilines is 1. The number of urea groups is 1. The smallest absolute Gasteiger partial charge is 0.416 e. The summed E-state index contributed by atoms with van der Waals surface area (Å²) < 4.78 is 37.4. The summed E-state index contributed by atoms with van der Waals surface area (Å²) in [6.45, 7) is 0.298. The number of phenolic OH excluding ortho intramolecular Hbond substituents is 1. The first-order chi connectivity index (χ1) is 10.8. The topological polar surface area (TPSA) is 52.6 Å². The molecular weight excluding hydrogens is 309 g/mol. The van der Waals surface area contributed by atoms with E-state index >= 15 is 0 Å². The third-order valence-electron chi connectivity index (χ3n) is 3.17. The lowest BCUT2D eigenvalue weighted by molar-refractivity contribution is -0.137. The highest BCUT2D eigenvalue weighted by molar-refractivity contribution is 5.89. The molecule has 122 valence electrons. The van der Waals surface area contributed by atoms with Crippen LogP contribution in [0, 0.1) is 0 Å². The van der Waals surface area contributed by atoms with Crippen molar-refractivity contribution in [1.82, 2.24) is 4.90 Å². The van der Waals surface area contributed by atoms with Crippen molar-refractivity contribution in [3.8, 4) is 5.75 Å². The lowest BCUT2D eigenvalue weighted by atomic mass is 10.2. The summed E-state index contributed by atoms with van der Waals surface area (Å²) >= 11 is 0. The lowest BCUT2D eigenvalue weighted by Crippen LogP contribution is -2.30. The molecule has 0 aromatic heterocycles. The number of carbonyl (C=O) groups is 1. The number of rotatable bonds is 3. The molecule has 4 nitrogen and oxygen atoms in total. The normalized spacial score (nSPS) is 11.1. The van der Waals surface area contributed by atoms with Crippen LogP contribution < -0.4 is 5.32 Å². The zero-order valence-electron chi connectivity index (χ0n) is 12.3. The second-order valence-corrected chi connectivity index (χ2v) is 5.03. The minimum absolute atomic E-state index is 0.130. The van der Waals surface area contributed by atoms with E-state index in [9.17, 15) is 23.1 Å². The average Bonchev–Trinajstić information content (AvgIpc) is 2.49. The first-order valence-corrected chi connectivity index (χ1v) is 6.73. The van der Waals surface area contributed by atoms with Crippen LogP contribution >= 0.6 is 0 Å². The molecule has 2 N–H and O–H groups in total. The van der Waals surface area contributed by atoms with Crippen LogP contribution in [0.4, 0.5) is 23.7 Å². The summed E-state index contributed by atoms with van der Waals surface area (Å²) in [6, 6.07) is 10.2. The van der Waals surface area contributed by atoms with Gasteiger partial charge in [0.2, 0.25) is 0 Å². The van der Waals surface area contributed by atoms with E-state index in [1.807, 2.05) is 0 Å². The maximum absolute atomic E-state index is 12.5. The van der Waals surface area contributed by atoms with E-state index in [0.29, 0.717) is 6.54 Å². The predicted molar refractivity (Wildman–Crippen MR) is 80.0 cm³/mol. The van der Waals surface area contributed by atoms with Gasteiger partial charge in [-0.3, -0.25) is 0 Å². The van der Waals surface area contributed by atoms with E-state index in [0.717, 1.165) is 17.7 Å². The van der Waals surface area contributed by atoms with Crippen LogP contribution in [0.25, 0.3) is 0 Å². The molecule has 0 spiro atoms. The molecule has 2 amide bonds. The molecule has 2 aromatic rings. The Bertz CT molecular complexity index is 667. The number of nitrogens with zero attached hydrogens (tertiary/aromatic N) is 1. The van der Waals surface area contributed by atoms with Crippen molar-refractivity contribution in [3.63, 3.8) is 0 Å². The van der Waals surface area contributed by atoms with Gasteiger partial charge in [-0.05, 0) is 42.0 Å². The van der Waals surface area contributed by atoms with Gasteiger partial charge >= 0.3 is 12.2 Å². The molecule has 0 aliphatic heterocycles. The van der Waals surface area contributed by atoms with E-state index in [1.165, 1.54) is 29.2 Å². The summed E-state index contributed by atoms with van der Waals surface area (Å²) in [7, 11) is 1.56. The number of phenols is 1. The fourth-order valence-electron chi connectivity index (χ4n) is 1.91. The highest BCUT2D eigenvalue weighted by Crippen LogP contribution is 2.29. The second kappa shape index (κ2) is 6.60. The van der Waals surface area contributed by atoms with Gasteiger partial charge in [0.25, 0.3) is 0 Å². The minimum atomic E-state index is -4.40. The Morgan fingerprint density at radius 2 is 1.65 bits per heavy atom. The first-order valence-electron chi connectivity index (χ1n) is 6.73. The third kappa shape index (κ3) is 4.64. The standard InChI is InChI=1S/C16H15F3N2O2/c1-21(10-11-2-8-14(22)9-3-11)15(23)20-13-6-4-12(5-7-13)16(17,18)19/h2-9,22H,10H2,1H3,(H,20,23). The Morgan fingerprint density at radius 3 is 2.17 bits per heavy atom. The quantitative estimate of drug-likeness (QED) is 0.894. The van der Waals surface area contributed by atoms with Crippen molar-refractivity contribution in [3.05, 3.63) is 59.7 Å². The van der Waals surface area contributed by atoms with Crippen molar-refractivity contribution in [1.29, 1.82) is 0 Å². The molecule has 0 aliphatic rings. The van der Waals surface area contributed by atoms with Crippen molar-refractivity contribution in [2.75, 3.05) is 12.4 Å². The molecule has 0 radical (unpaired) electrons. The van der Waals surface area contributed by atoms with Crippen LogP contribution in [0.5, 0.6) is 5.75 Å². The number of amides is 2. The van der Waals surface area contributed by atoms with Crippen molar-refractivity contribution < 1.29 is 23.1 Å². The van der Waals surface area contributed by atoms with Gasteiger partial charge in [-0.1, -0.05) is 12.1 Å². The summed E-state index contributed by atoms with van der Waals surface area (Å²) in [6.07, 6.45) is -4.40. The second-order valence-electron chi connectivity index (χ2n) is 5.03. The van der Waals surface area contributed by atoms with E-state index in [4.69, 9.17) is 0 Å². The summed E-state index contributed by atoms with van der Waals surface area (Å²) in [5.41, 5.74) is 0.321. The number of alkyl halides is 3. The van der Waals surface area contributed by atoms with Gasteiger partial charge in [0.15, 0.2) is 0 Å². The maximum atomic E-state index is 12.5. The monoisotopic (exact) mass is 324 g/mol. The molecule has 2 rings (SSSR count). The Balaban J connectivity index is 1.96. The van der Waals surface area contributed by atoms with Gasteiger partial charge in [0.1, 0.15) is 5.75 Å². The number of nitrogens with one attached hydrogen (secondary N) is 1. The fraction of sp³-hybridized carbons (Fsp3) is 0.188. The fourth-order valence-corrected chi connectivity index (χ4v) is 1.91. The van der Waals surface area contributed by atoms with Gasteiger partial charge in [-0.25, -0.2) is 4.79 Å². The van der Waals surface area contributed by atoms with E-state index in [-0.39, 0.29) is 11.4 Å². The molecule has 0 fully saturated rings. The Kier molecular flexibility index (Phi) is 4.78. The first kappa shape index (κ1) is 16.7. The van der Waals surface area contributed by atoms with Crippen molar-refractivity contribution in [2.45, 2.75) is 12.7 Å². The van der Waals surface area contributed by atoms with Gasteiger partial charge < -0.3 is 15.3 Å². The molecule has 0 saturated heterocycles. The van der Waals surface area contributed by atoms with Crippen LogP contribution in [-0.4, -0.2) is 23.1 Å². The Morgan fingerprint density at radius 1 is 1.09 bits per heavy atom. The highest BCUT2D eigenvalue weighted by Gasteiger charge is 2.30. The predicted octanol–water partition coefficient (Wildman–Crippen LogP) is 4.07. The zero-order chi connectivity index (χ0) is 17.0. The number of aromatic hydroxyl groups is 1. The van der Waals surface area contributed by atoms with Crippen LogP contribution in [-0.2, 0) is 12.7 Å². The largest absolute Gasteiger partial charge is 0.508 e. The van der Waals surface area contributed by atoms with E-state index < -0.39 is 17.8 Å². The van der Waals surface area contributed by atoms with Crippen LogP contribution in [0.2, 0.25) is 0 Å². The minimum Gasteiger partial charge on any atom is -0.508 e. The molecule has 0 atom stereocenters. The van der Waals surface area contributed by atoms with E-state index in [1.54, 1.807) is 19.2 Å². The van der Waals surface area contributed by atoms with Gasteiger partial charge in [-0.2, -0.15) is 13.2 Å². The van der Waals surface area contributed by atoms with E-state index in [2.05, 4.69) is 5.32 Å². The van der Waals surface area contributed by atoms with Crippen LogP contribution in [0.15, 0.2) is 48.5 Å². The molecule has 2 aromatic carbocycles. The third-order valence-corrected chi connectivity index (χ3v) is 3.17. The average molecular weight is 324 g/mol.